The minimum Gasteiger partial charge on any atom is -1.00 e. The summed E-state index contributed by atoms with van der Waals surface area (Å²) in [5, 5.41) is 8.99. The van der Waals surface area contributed by atoms with Crippen molar-refractivity contribution >= 4 is 8.60 Å². The largest absolute Gasteiger partial charge is 1.00 e. The van der Waals surface area contributed by atoms with E-state index in [1.807, 2.05) is 0 Å². The van der Waals surface area contributed by atoms with Gasteiger partial charge < -0.3 is 25.6 Å². The third-order valence-electron chi connectivity index (χ3n) is 0.978. The molecule has 1 unspecified atom stereocenters. The Balaban J connectivity index is -0.000000605. The zero-order valence-electron chi connectivity index (χ0n) is 8.59. The number of hydrogen-bond acceptors (Lipinski definition) is 5. The molecule has 3 N–H and O–H groups in total. The van der Waals surface area contributed by atoms with Crippen molar-refractivity contribution < 1.29 is 55.1 Å². The standard InChI is InChI=1S/C6H13O5P.Na.H/c1-2-4-10-6(7)3-5-11-12(8)9;;/h2,6-9H,1,3-5H2;;/q;+1;-1. The fourth-order valence-corrected chi connectivity index (χ4v) is 0.766. The van der Waals surface area contributed by atoms with E-state index in [0.717, 1.165) is 0 Å². The molecular weight excluding hydrogens is 206 g/mol. The van der Waals surface area contributed by atoms with E-state index in [1.165, 1.54) is 6.08 Å². The molecule has 1 atom stereocenters. The van der Waals surface area contributed by atoms with E-state index < -0.39 is 14.9 Å². The Hall–Kier alpha value is 0.970. The summed E-state index contributed by atoms with van der Waals surface area (Å²) in [6, 6.07) is 0. The van der Waals surface area contributed by atoms with Crippen molar-refractivity contribution in [2.75, 3.05) is 13.2 Å². The second kappa shape index (κ2) is 11.0. The van der Waals surface area contributed by atoms with Crippen molar-refractivity contribution in [3.63, 3.8) is 0 Å². The Morgan fingerprint density at radius 3 is 2.62 bits per heavy atom. The second-order valence-corrected chi connectivity index (χ2v) is 2.71. The van der Waals surface area contributed by atoms with E-state index in [-0.39, 0.29) is 50.6 Å². The van der Waals surface area contributed by atoms with Crippen molar-refractivity contribution in [1.29, 1.82) is 0 Å². The van der Waals surface area contributed by atoms with Gasteiger partial charge in [-0.1, -0.05) is 6.08 Å². The van der Waals surface area contributed by atoms with E-state index in [2.05, 4.69) is 11.1 Å². The van der Waals surface area contributed by atoms with Crippen LogP contribution in [-0.4, -0.2) is 34.4 Å². The SMILES string of the molecule is C=CCOC(O)CCOP(O)O.[H-].[Na+]. The molecule has 0 aliphatic carbocycles. The fourth-order valence-electron chi connectivity index (χ4n) is 0.498. The van der Waals surface area contributed by atoms with Gasteiger partial charge in [0, 0.05) is 6.42 Å². The molecule has 0 radical (unpaired) electrons. The maximum atomic E-state index is 8.99. The first-order valence-electron chi connectivity index (χ1n) is 3.38. The molecule has 0 saturated carbocycles. The zero-order valence-corrected chi connectivity index (χ0v) is 10.5. The molecule has 0 spiro atoms. The van der Waals surface area contributed by atoms with E-state index >= 15 is 0 Å². The summed E-state index contributed by atoms with van der Waals surface area (Å²) >= 11 is 0. The number of hydrogen-bond donors (Lipinski definition) is 3. The summed E-state index contributed by atoms with van der Waals surface area (Å²) in [6.45, 7) is 3.71. The normalized spacial score (nSPS) is 12.3. The van der Waals surface area contributed by atoms with Crippen LogP contribution < -0.4 is 29.6 Å². The molecule has 0 aromatic rings. The number of aliphatic hydroxyl groups excluding tert-OH is 1. The topological polar surface area (TPSA) is 79.2 Å². The molecule has 0 aliphatic heterocycles. The molecule has 5 nitrogen and oxygen atoms in total. The Bertz CT molecular complexity index is 129. The van der Waals surface area contributed by atoms with Crippen LogP contribution in [0.1, 0.15) is 7.85 Å². The molecule has 0 rings (SSSR count). The summed E-state index contributed by atoms with van der Waals surface area (Å²) < 4.78 is 9.18. The number of ether oxygens (including phenoxy) is 1. The van der Waals surface area contributed by atoms with Crippen molar-refractivity contribution in [2.45, 2.75) is 12.7 Å². The summed E-state index contributed by atoms with van der Waals surface area (Å²) in [4.78, 5) is 16.6. The van der Waals surface area contributed by atoms with Crippen LogP contribution in [0.25, 0.3) is 0 Å². The predicted molar refractivity (Wildman–Crippen MR) is 45.2 cm³/mol. The van der Waals surface area contributed by atoms with Crippen LogP contribution in [0.2, 0.25) is 0 Å². The van der Waals surface area contributed by atoms with Crippen molar-refractivity contribution in [2.24, 2.45) is 0 Å². The van der Waals surface area contributed by atoms with Crippen LogP contribution in [0.4, 0.5) is 0 Å². The van der Waals surface area contributed by atoms with Gasteiger partial charge in [0.2, 0.25) is 0 Å². The van der Waals surface area contributed by atoms with Gasteiger partial charge in [-0.05, 0) is 0 Å². The molecule has 0 aromatic heterocycles. The number of rotatable bonds is 7. The minimum absolute atomic E-state index is 0. The molecule has 0 saturated heterocycles. The van der Waals surface area contributed by atoms with Crippen LogP contribution in [0.15, 0.2) is 12.7 Å². The van der Waals surface area contributed by atoms with Gasteiger partial charge in [-0.15, -0.1) is 6.58 Å². The Morgan fingerprint density at radius 2 is 2.15 bits per heavy atom. The molecule has 0 aromatic carbocycles. The van der Waals surface area contributed by atoms with E-state index in [1.54, 1.807) is 0 Å². The van der Waals surface area contributed by atoms with Gasteiger partial charge in [0.1, 0.15) is 0 Å². The molecular formula is C6H14NaO5P. The first-order valence-corrected chi connectivity index (χ1v) is 4.54. The smallest absolute Gasteiger partial charge is 1.00 e. The predicted octanol–water partition coefficient (Wildman–Crippen LogP) is -2.76. The molecule has 0 bridgehead atoms. The Labute approximate surface area is 102 Å². The molecule has 0 aliphatic rings. The minimum atomic E-state index is -2.33. The molecule has 0 heterocycles. The maximum Gasteiger partial charge on any atom is 1.00 e. The van der Waals surface area contributed by atoms with E-state index in [4.69, 9.17) is 19.6 Å². The molecule has 13 heavy (non-hydrogen) atoms. The van der Waals surface area contributed by atoms with Gasteiger partial charge in [-0.3, -0.25) is 0 Å². The second-order valence-electron chi connectivity index (χ2n) is 1.95. The first kappa shape index (κ1) is 16.4. The third-order valence-corrected chi connectivity index (χ3v) is 1.39. The zero-order chi connectivity index (χ0) is 9.40. The van der Waals surface area contributed by atoms with E-state index in [9.17, 15) is 0 Å². The maximum absolute atomic E-state index is 8.99. The van der Waals surface area contributed by atoms with Gasteiger partial charge >= 0.3 is 38.2 Å². The van der Waals surface area contributed by atoms with Crippen molar-refractivity contribution in [1.82, 2.24) is 0 Å². The summed E-state index contributed by atoms with van der Waals surface area (Å²) in [5.74, 6) is 0. The van der Waals surface area contributed by atoms with Crippen molar-refractivity contribution in [3.8, 4) is 0 Å². The molecule has 0 amide bonds. The van der Waals surface area contributed by atoms with Crippen molar-refractivity contribution in [3.05, 3.63) is 12.7 Å². The van der Waals surface area contributed by atoms with Gasteiger partial charge in [-0.25, -0.2) is 0 Å². The molecule has 7 heteroatoms. The first-order chi connectivity index (χ1) is 5.66. The summed E-state index contributed by atoms with van der Waals surface area (Å²) in [7, 11) is -2.33. The van der Waals surface area contributed by atoms with Crippen LogP contribution in [0.3, 0.4) is 0 Å². The summed E-state index contributed by atoms with van der Waals surface area (Å²) in [5.41, 5.74) is 0. The average Bonchev–Trinajstić information content (AvgIpc) is 2.00. The molecule has 74 valence electrons. The fraction of sp³-hybridized carbons (Fsp3) is 0.667. The van der Waals surface area contributed by atoms with Gasteiger partial charge in [0.15, 0.2) is 6.29 Å². The molecule has 0 fully saturated rings. The Morgan fingerprint density at radius 1 is 1.54 bits per heavy atom. The van der Waals surface area contributed by atoms with Crippen LogP contribution >= 0.6 is 8.60 Å². The van der Waals surface area contributed by atoms with Crippen LogP contribution in [0, 0.1) is 0 Å². The van der Waals surface area contributed by atoms with Crippen LogP contribution in [-0.2, 0) is 9.26 Å². The van der Waals surface area contributed by atoms with Gasteiger partial charge in [0.05, 0.1) is 13.2 Å². The quantitative estimate of drug-likeness (QED) is 0.187. The monoisotopic (exact) mass is 220 g/mol. The Kier molecular flexibility index (Phi) is 13.9. The average molecular weight is 220 g/mol. The van der Waals surface area contributed by atoms with E-state index in [0.29, 0.717) is 0 Å². The third kappa shape index (κ3) is 13.0. The summed E-state index contributed by atoms with van der Waals surface area (Å²) in [6.07, 6.45) is 0.765. The van der Waals surface area contributed by atoms with Gasteiger partial charge in [-0.2, -0.15) is 0 Å². The van der Waals surface area contributed by atoms with Gasteiger partial charge in [0.25, 0.3) is 0 Å². The number of aliphatic hydroxyl groups is 1. The van der Waals surface area contributed by atoms with Crippen LogP contribution in [0.5, 0.6) is 0 Å².